The molecule has 150 valence electrons. The number of amides is 1. The maximum absolute atomic E-state index is 12.6. The molecule has 0 aliphatic carbocycles. The van der Waals surface area contributed by atoms with E-state index < -0.39 is 16.1 Å². The van der Waals surface area contributed by atoms with E-state index >= 15 is 0 Å². The average molecular weight is 402 g/mol. The van der Waals surface area contributed by atoms with Crippen LogP contribution in [0.2, 0.25) is 0 Å². The van der Waals surface area contributed by atoms with Gasteiger partial charge in [-0.25, -0.2) is 8.42 Å². The highest BCUT2D eigenvalue weighted by Gasteiger charge is 2.27. The Kier molecular flexibility index (Phi) is 6.05. The van der Waals surface area contributed by atoms with Gasteiger partial charge in [-0.1, -0.05) is 6.07 Å². The molecule has 0 spiro atoms. The van der Waals surface area contributed by atoms with Crippen LogP contribution < -0.4 is 10.6 Å². The van der Waals surface area contributed by atoms with Crippen LogP contribution in [-0.4, -0.2) is 37.8 Å². The molecule has 3 rings (SSSR count). The van der Waals surface area contributed by atoms with E-state index in [1.807, 2.05) is 26.0 Å². The number of carbonyl (C=O) groups is 1. The smallest absolute Gasteiger partial charge is 0.246 e. The zero-order chi connectivity index (χ0) is 20.3. The molecule has 2 aromatic carbocycles. The molecule has 0 unspecified atom stereocenters. The van der Waals surface area contributed by atoms with Crippen molar-refractivity contribution < 1.29 is 13.2 Å². The molecular weight excluding hydrogens is 374 g/mol. The summed E-state index contributed by atoms with van der Waals surface area (Å²) >= 11 is 0. The van der Waals surface area contributed by atoms with Crippen LogP contribution in [0.5, 0.6) is 0 Å². The van der Waals surface area contributed by atoms with Crippen molar-refractivity contribution >= 4 is 27.3 Å². The molecule has 7 heteroatoms. The third kappa shape index (κ3) is 4.72. The van der Waals surface area contributed by atoms with Crippen molar-refractivity contribution in [3.63, 3.8) is 0 Å². The number of hydrogen-bond donors (Lipinski definition) is 2. The molecule has 1 atom stereocenters. The highest BCUT2D eigenvalue weighted by atomic mass is 32.2. The largest absolute Gasteiger partial charge is 0.374 e. The molecule has 0 aromatic heterocycles. The third-order valence-corrected chi connectivity index (χ3v) is 6.74. The molecule has 0 bridgehead atoms. The van der Waals surface area contributed by atoms with Gasteiger partial charge in [0.1, 0.15) is 6.04 Å². The van der Waals surface area contributed by atoms with E-state index in [0.717, 1.165) is 29.7 Å². The first-order valence-electron chi connectivity index (χ1n) is 9.51. The number of sulfonamides is 1. The van der Waals surface area contributed by atoms with Crippen LogP contribution in [0.3, 0.4) is 0 Å². The first-order chi connectivity index (χ1) is 13.3. The number of rotatable bonds is 6. The van der Waals surface area contributed by atoms with Crippen LogP contribution in [0.4, 0.5) is 11.4 Å². The van der Waals surface area contributed by atoms with Gasteiger partial charge in [0.25, 0.3) is 0 Å². The molecule has 2 aromatic rings. The van der Waals surface area contributed by atoms with Crippen LogP contribution in [0.1, 0.15) is 30.9 Å². The summed E-state index contributed by atoms with van der Waals surface area (Å²) in [4.78, 5) is 12.7. The fourth-order valence-corrected chi connectivity index (χ4v) is 4.93. The van der Waals surface area contributed by atoms with Crippen LogP contribution >= 0.6 is 0 Å². The molecule has 6 nitrogen and oxygen atoms in total. The van der Waals surface area contributed by atoms with Crippen molar-refractivity contribution in [1.29, 1.82) is 0 Å². The minimum Gasteiger partial charge on any atom is -0.374 e. The Balaban J connectivity index is 1.63. The van der Waals surface area contributed by atoms with Gasteiger partial charge in [0.05, 0.1) is 4.90 Å². The van der Waals surface area contributed by atoms with Crippen molar-refractivity contribution in [3.8, 4) is 0 Å². The van der Waals surface area contributed by atoms with Gasteiger partial charge < -0.3 is 10.6 Å². The van der Waals surface area contributed by atoms with Gasteiger partial charge in [-0.05, 0) is 81.1 Å². The summed E-state index contributed by atoms with van der Waals surface area (Å²) in [7, 11) is -3.44. The molecule has 1 aliphatic rings. The Morgan fingerprint density at radius 1 is 0.964 bits per heavy atom. The SMILES string of the molecule is Cc1cc(C)cc(N[C@H](C)C(=O)Nc2ccc(S(=O)(=O)N3CCCC3)cc2)c1. The van der Waals surface area contributed by atoms with Crippen LogP contribution in [0, 0.1) is 13.8 Å². The van der Waals surface area contributed by atoms with E-state index in [0.29, 0.717) is 18.8 Å². The number of carbonyl (C=O) groups excluding carboxylic acids is 1. The second-order valence-corrected chi connectivity index (χ2v) is 9.31. The molecule has 2 N–H and O–H groups in total. The van der Waals surface area contributed by atoms with Crippen molar-refractivity contribution in [2.24, 2.45) is 0 Å². The topological polar surface area (TPSA) is 78.5 Å². The zero-order valence-electron chi connectivity index (χ0n) is 16.5. The van der Waals surface area contributed by atoms with Crippen LogP contribution in [0.15, 0.2) is 47.4 Å². The normalized spacial score (nSPS) is 16.0. The lowest BCUT2D eigenvalue weighted by atomic mass is 10.1. The number of hydrogen-bond acceptors (Lipinski definition) is 4. The minimum absolute atomic E-state index is 0.186. The van der Waals surface area contributed by atoms with Crippen molar-refractivity contribution in [2.75, 3.05) is 23.7 Å². The van der Waals surface area contributed by atoms with Gasteiger partial charge in [-0.3, -0.25) is 4.79 Å². The minimum atomic E-state index is -3.44. The quantitative estimate of drug-likeness (QED) is 0.776. The zero-order valence-corrected chi connectivity index (χ0v) is 17.3. The maximum Gasteiger partial charge on any atom is 0.246 e. The Labute approximate surface area is 167 Å². The summed E-state index contributed by atoms with van der Waals surface area (Å²) in [6.45, 7) is 6.96. The highest BCUT2D eigenvalue weighted by molar-refractivity contribution is 7.89. The van der Waals surface area contributed by atoms with Gasteiger partial charge in [0.2, 0.25) is 15.9 Å². The summed E-state index contributed by atoms with van der Waals surface area (Å²) in [5, 5.41) is 6.03. The van der Waals surface area contributed by atoms with Crippen molar-refractivity contribution in [1.82, 2.24) is 4.31 Å². The average Bonchev–Trinajstić information content (AvgIpc) is 3.16. The second kappa shape index (κ2) is 8.32. The molecule has 1 saturated heterocycles. The molecule has 1 heterocycles. The van der Waals surface area contributed by atoms with E-state index in [1.165, 1.54) is 4.31 Å². The number of benzene rings is 2. The lowest BCUT2D eigenvalue weighted by Crippen LogP contribution is -2.32. The van der Waals surface area contributed by atoms with Gasteiger partial charge in [-0.2, -0.15) is 4.31 Å². The van der Waals surface area contributed by atoms with Gasteiger partial charge in [0.15, 0.2) is 0 Å². The molecule has 1 fully saturated rings. The van der Waals surface area contributed by atoms with Crippen LogP contribution in [-0.2, 0) is 14.8 Å². The van der Waals surface area contributed by atoms with E-state index in [2.05, 4.69) is 16.7 Å². The number of aryl methyl sites for hydroxylation is 2. The van der Waals surface area contributed by atoms with Crippen LogP contribution in [0.25, 0.3) is 0 Å². The van der Waals surface area contributed by atoms with E-state index in [9.17, 15) is 13.2 Å². The standard InChI is InChI=1S/C21H27N3O3S/c1-15-12-16(2)14-19(13-15)22-17(3)21(25)23-18-6-8-20(9-7-18)28(26,27)24-10-4-5-11-24/h6-9,12-14,17,22H,4-5,10-11H2,1-3H3,(H,23,25)/t17-/m1/s1. The first-order valence-corrected chi connectivity index (χ1v) is 11.0. The predicted molar refractivity (Wildman–Crippen MR) is 112 cm³/mol. The number of nitrogens with zero attached hydrogens (tertiary/aromatic N) is 1. The molecule has 0 radical (unpaired) electrons. The molecular formula is C21H27N3O3S. The predicted octanol–water partition coefficient (Wildman–Crippen LogP) is 3.53. The van der Waals surface area contributed by atoms with Crippen molar-refractivity contribution in [3.05, 3.63) is 53.6 Å². The Morgan fingerprint density at radius 3 is 2.11 bits per heavy atom. The Bertz CT molecular complexity index is 929. The maximum atomic E-state index is 12.6. The molecule has 0 saturated carbocycles. The fraction of sp³-hybridized carbons (Fsp3) is 0.381. The molecule has 1 amide bonds. The summed E-state index contributed by atoms with van der Waals surface area (Å²) in [5.41, 5.74) is 3.72. The van der Waals surface area contributed by atoms with Gasteiger partial charge in [-0.15, -0.1) is 0 Å². The molecule has 28 heavy (non-hydrogen) atoms. The van der Waals surface area contributed by atoms with E-state index in [-0.39, 0.29) is 10.8 Å². The van der Waals surface area contributed by atoms with Gasteiger partial charge in [0, 0.05) is 24.5 Å². The monoisotopic (exact) mass is 401 g/mol. The summed E-state index contributed by atoms with van der Waals surface area (Å²) in [6, 6.07) is 12.0. The Hall–Kier alpha value is -2.38. The first kappa shape index (κ1) is 20.4. The third-order valence-electron chi connectivity index (χ3n) is 4.82. The highest BCUT2D eigenvalue weighted by Crippen LogP contribution is 2.22. The summed E-state index contributed by atoms with van der Waals surface area (Å²) in [5.74, 6) is -0.186. The van der Waals surface area contributed by atoms with E-state index in [4.69, 9.17) is 0 Å². The summed E-state index contributed by atoms with van der Waals surface area (Å²) < 4.78 is 26.6. The lowest BCUT2D eigenvalue weighted by Gasteiger charge is -2.17. The Morgan fingerprint density at radius 2 is 1.54 bits per heavy atom. The van der Waals surface area contributed by atoms with Crippen molar-refractivity contribution in [2.45, 2.75) is 44.6 Å². The lowest BCUT2D eigenvalue weighted by molar-refractivity contribution is -0.116. The van der Waals surface area contributed by atoms with Gasteiger partial charge >= 0.3 is 0 Å². The summed E-state index contributed by atoms with van der Waals surface area (Å²) in [6.07, 6.45) is 1.80. The molecule has 1 aliphatic heterocycles. The fourth-order valence-electron chi connectivity index (χ4n) is 3.41. The second-order valence-electron chi connectivity index (χ2n) is 7.37. The van der Waals surface area contributed by atoms with E-state index in [1.54, 1.807) is 31.2 Å². The number of anilines is 2. The number of nitrogens with one attached hydrogen (secondary N) is 2.